The highest BCUT2D eigenvalue weighted by Crippen LogP contribution is 2.11. The van der Waals surface area contributed by atoms with Gasteiger partial charge in [-0.05, 0) is 42.8 Å². The molecule has 0 radical (unpaired) electrons. The maximum Gasteiger partial charge on any atom is 0.144 e. The standard InChI is InChI=1S/C16H12N4/c1-12-3-2-4-14(19-12)7-5-13-6-8-16-18-10-15(9-17)20(16)11-13/h2-8,10-11H,1H3/b7-5-. The Bertz CT molecular complexity index is 837. The van der Waals surface area contributed by atoms with Gasteiger partial charge in [0.15, 0.2) is 0 Å². The second kappa shape index (κ2) is 4.98. The minimum atomic E-state index is 0.531. The van der Waals surface area contributed by atoms with Crippen molar-refractivity contribution in [3.05, 3.63) is 65.4 Å². The molecule has 0 saturated heterocycles. The van der Waals surface area contributed by atoms with E-state index in [0.717, 1.165) is 22.6 Å². The van der Waals surface area contributed by atoms with E-state index in [1.54, 1.807) is 10.6 Å². The van der Waals surface area contributed by atoms with Gasteiger partial charge in [-0.2, -0.15) is 5.26 Å². The highest BCUT2D eigenvalue weighted by Gasteiger charge is 2.01. The monoisotopic (exact) mass is 260 g/mol. The number of pyridine rings is 2. The highest BCUT2D eigenvalue weighted by atomic mass is 15.0. The number of nitrogens with zero attached hydrogens (tertiary/aromatic N) is 4. The number of aromatic nitrogens is 3. The summed E-state index contributed by atoms with van der Waals surface area (Å²) in [5.74, 6) is 0. The highest BCUT2D eigenvalue weighted by molar-refractivity contribution is 5.68. The van der Waals surface area contributed by atoms with E-state index >= 15 is 0 Å². The zero-order valence-corrected chi connectivity index (χ0v) is 11.0. The lowest BCUT2D eigenvalue weighted by atomic mass is 10.2. The molecule has 3 aromatic rings. The number of aryl methyl sites for hydroxylation is 1. The smallest absolute Gasteiger partial charge is 0.144 e. The van der Waals surface area contributed by atoms with Gasteiger partial charge in [0.05, 0.1) is 11.9 Å². The lowest BCUT2D eigenvalue weighted by molar-refractivity contribution is 1.15. The molecule has 0 aliphatic rings. The van der Waals surface area contributed by atoms with Gasteiger partial charge >= 0.3 is 0 Å². The van der Waals surface area contributed by atoms with Crippen LogP contribution >= 0.6 is 0 Å². The normalized spacial score (nSPS) is 11.0. The molecule has 0 unspecified atom stereocenters. The third-order valence-electron chi connectivity index (χ3n) is 3.00. The number of nitriles is 1. The molecule has 96 valence electrons. The molecule has 0 fully saturated rings. The minimum absolute atomic E-state index is 0.531. The largest absolute Gasteiger partial charge is 0.291 e. The van der Waals surface area contributed by atoms with E-state index in [1.807, 2.05) is 55.6 Å². The molecule has 0 spiro atoms. The van der Waals surface area contributed by atoms with Gasteiger partial charge in [-0.3, -0.25) is 9.38 Å². The van der Waals surface area contributed by atoms with E-state index in [2.05, 4.69) is 16.0 Å². The van der Waals surface area contributed by atoms with Crippen LogP contribution in [0.5, 0.6) is 0 Å². The Balaban J connectivity index is 1.97. The SMILES string of the molecule is Cc1cccc(/C=C\c2ccc3ncc(C#N)n3c2)n1. The molecule has 4 heteroatoms. The van der Waals surface area contributed by atoms with Crippen LogP contribution in [0.25, 0.3) is 17.8 Å². The van der Waals surface area contributed by atoms with Crippen molar-refractivity contribution >= 4 is 17.8 Å². The molecule has 0 bridgehead atoms. The molecule has 3 heterocycles. The molecule has 0 amide bonds. The maximum absolute atomic E-state index is 9.01. The Kier molecular flexibility index (Phi) is 3.02. The quantitative estimate of drug-likeness (QED) is 0.711. The molecule has 20 heavy (non-hydrogen) atoms. The third-order valence-corrected chi connectivity index (χ3v) is 3.00. The van der Waals surface area contributed by atoms with Crippen LogP contribution in [0.2, 0.25) is 0 Å². The molecule has 3 rings (SSSR count). The van der Waals surface area contributed by atoms with Crippen LogP contribution in [0.3, 0.4) is 0 Å². The minimum Gasteiger partial charge on any atom is -0.291 e. The van der Waals surface area contributed by atoms with Crippen molar-refractivity contribution in [3.63, 3.8) is 0 Å². The summed E-state index contributed by atoms with van der Waals surface area (Å²) in [4.78, 5) is 8.58. The van der Waals surface area contributed by atoms with Crippen molar-refractivity contribution in [1.29, 1.82) is 5.26 Å². The van der Waals surface area contributed by atoms with Crippen LogP contribution in [0.15, 0.2) is 42.7 Å². The molecule has 0 aliphatic carbocycles. The summed E-state index contributed by atoms with van der Waals surface area (Å²) in [7, 11) is 0. The van der Waals surface area contributed by atoms with Crippen LogP contribution in [0.4, 0.5) is 0 Å². The van der Waals surface area contributed by atoms with Crippen LogP contribution in [-0.2, 0) is 0 Å². The van der Waals surface area contributed by atoms with Crippen molar-refractivity contribution in [2.75, 3.05) is 0 Å². The topological polar surface area (TPSA) is 54.0 Å². The molecule has 0 atom stereocenters. The van der Waals surface area contributed by atoms with Crippen molar-refractivity contribution in [2.45, 2.75) is 6.92 Å². The van der Waals surface area contributed by atoms with E-state index in [4.69, 9.17) is 5.26 Å². The van der Waals surface area contributed by atoms with Crippen molar-refractivity contribution in [2.24, 2.45) is 0 Å². The summed E-state index contributed by atoms with van der Waals surface area (Å²) in [5, 5.41) is 9.01. The van der Waals surface area contributed by atoms with E-state index in [-0.39, 0.29) is 0 Å². The summed E-state index contributed by atoms with van der Waals surface area (Å²) in [6.07, 6.45) is 7.40. The Morgan fingerprint density at radius 2 is 2.10 bits per heavy atom. The first-order valence-corrected chi connectivity index (χ1v) is 6.25. The average Bonchev–Trinajstić information content (AvgIpc) is 2.87. The Morgan fingerprint density at radius 3 is 2.90 bits per heavy atom. The lowest BCUT2D eigenvalue weighted by Crippen LogP contribution is -1.89. The first-order valence-electron chi connectivity index (χ1n) is 6.25. The Hall–Kier alpha value is -2.93. The molecule has 0 aromatic carbocycles. The average molecular weight is 260 g/mol. The zero-order valence-electron chi connectivity index (χ0n) is 11.0. The van der Waals surface area contributed by atoms with Crippen LogP contribution in [-0.4, -0.2) is 14.4 Å². The van der Waals surface area contributed by atoms with Crippen molar-refractivity contribution in [1.82, 2.24) is 14.4 Å². The fourth-order valence-electron chi connectivity index (χ4n) is 2.02. The Morgan fingerprint density at radius 1 is 1.20 bits per heavy atom. The van der Waals surface area contributed by atoms with Crippen LogP contribution in [0, 0.1) is 18.3 Å². The first kappa shape index (κ1) is 12.1. The summed E-state index contributed by atoms with van der Waals surface area (Å²) in [6.45, 7) is 1.97. The molecule has 0 saturated carbocycles. The van der Waals surface area contributed by atoms with Gasteiger partial charge < -0.3 is 0 Å². The summed E-state index contributed by atoms with van der Waals surface area (Å²) < 4.78 is 1.78. The predicted molar refractivity (Wildman–Crippen MR) is 77.8 cm³/mol. The number of hydrogen-bond donors (Lipinski definition) is 0. The van der Waals surface area contributed by atoms with E-state index in [0.29, 0.717) is 5.69 Å². The summed E-state index contributed by atoms with van der Waals surface area (Å²) >= 11 is 0. The summed E-state index contributed by atoms with van der Waals surface area (Å²) in [6, 6.07) is 11.9. The number of rotatable bonds is 2. The van der Waals surface area contributed by atoms with Crippen LogP contribution in [0.1, 0.15) is 22.6 Å². The zero-order chi connectivity index (χ0) is 13.9. The van der Waals surface area contributed by atoms with Gasteiger partial charge in [0.25, 0.3) is 0 Å². The predicted octanol–water partition coefficient (Wildman–Crippen LogP) is 3.08. The Labute approximate surface area is 116 Å². The summed E-state index contributed by atoms with van der Waals surface area (Å²) in [5.41, 5.74) is 4.20. The van der Waals surface area contributed by atoms with Gasteiger partial charge in [-0.25, -0.2) is 4.98 Å². The van der Waals surface area contributed by atoms with E-state index < -0.39 is 0 Å². The molecule has 3 aromatic heterocycles. The number of hydrogen-bond acceptors (Lipinski definition) is 3. The van der Waals surface area contributed by atoms with Crippen molar-refractivity contribution < 1.29 is 0 Å². The van der Waals surface area contributed by atoms with Gasteiger partial charge in [0, 0.05) is 11.9 Å². The molecule has 4 nitrogen and oxygen atoms in total. The molecule has 0 aliphatic heterocycles. The molecular weight excluding hydrogens is 248 g/mol. The second-order valence-corrected chi connectivity index (χ2v) is 4.48. The maximum atomic E-state index is 9.01. The van der Waals surface area contributed by atoms with Gasteiger partial charge in [0.1, 0.15) is 17.4 Å². The number of imidazole rings is 1. The van der Waals surface area contributed by atoms with Crippen molar-refractivity contribution in [3.8, 4) is 6.07 Å². The van der Waals surface area contributed by atoms with Gasteiger partial charge in [-0.1, -0.05) is 12.1 Å². The van der Waals surface area contributed by atoms with Gasteiger partial charge in [0.2, 0.25) is 0 Å². The van der Waals surface area contributed by atoms with E-state index in [1.165, 1.54) is 0 Å². The van der Waals surface area contributed by atoms with Gasteiger partial charge in [-0.15, -0.1) is 0 Å². The molecular formula is C16H12N4. The van der Waals surface area contributed by atoms with Crippen LogP contribution < -0.4 is 0 Å². The fraction of sp³-hybridized carbons (Fsp3) is 0.0625. The third kappa shape index (κ3) is 2.29. The second-order valence-electron chi connectivity index (χ2n) is 4.48. The first-order chi connectivity index (χ1) is 9.76. The lowest BCUT2D eigenvalue weighted by Gasteiger charge is -1.98. The number of fused-ring (bicyclic) bond motifs is 1. The fourth-order valence-corrected chi connectivity index (χ4v) is 2.02. The molecule has 0 N–H and O–H groups in total. The van der Waals surface area contributed by atoms with E-state index in [9.17, 15) is 0 Å².